The number of nitrogens with zero attached hydrogens (tertiary/aromatic N) is 1. The van der Waals surface area contributed by atoms with Crippen molar-refractivity contribution in [3.8, 4) is 5.75 Å². The molecule has 8 nitrogen and oxygen atoms in total. The number of rotatable bonds is 9. The van der Waals surface area contributed by atoms with Crippen molar-refractivity contribution < 1.29 is 23.5 Å². The largest absolute Gasteiger partial charge is 0.478 e. The lowest BCUT2D eigenvalue weighted by atomic mass is 9.59. The van der Waals surface area contributed by atoms with Crippen molar-refractivity contribution in [3.05, 3.63) is 92.7 Å². The topological polar surface area (TPSA) is 99.8 Å². The molecule has 1 spiro atoms. The zero-order valence-corrected chi connectivity index (χ0v) is 27.4. The molecule has 0 aromatic heterocycles. The van der Waals surface area contributed by atoms with Crippen LogP contribution in [0, 0.1) is 12.7 Å². The average molecular weight is 656 g/mol. The summed E-state index contributed by atoms with van der Waals surface area (Å²) in [6.45, 7) is 6.41. The van der Waals surface area contributed by atoms with Crippen LogP contribution in [0.3, 0.4) is 0 Å². The number of hydrogen-bond donors (Lipinski definition) is 3. The second-order valence-electron chi connectivity index (χ2n) is 12.5. The van der Waals surface area contributed by atoms with E-state index in [4.69, 9.17) is 27.9 Å². The van der Waals surface area contributed by atoms with Crippen molar-refractivity contribution in [3.63, 3.8) is 0 Å². The second-order valence-corrected chi connectivity index (χ2v) is 13.4. The van der Waals surface area contributed by atoms with Crippen LogP contribution in [0.25, 0.3) is 0 Å². The highest BCUT2D eigenvalue weighted by atomic mass is 35.5. The third-order valence-electron chi connectivity index (χ3n) is 8.63. The minimum absolute atomic E-state index is 0.103. The summed E-state index contributed by atoms with van der Waals surface area (Å²) in [6.07, 6.45) is 0.661. The smallest absolute Gasteiger partial charge is 0.263 e. The first-order valence-corrected chi connectivity index (χ1v) is 15.6. The van der Waals surface area contributed by atoms with E-state index in [-0.39, 0.29) is 24.1 Å². The summed E-state index contributed by atoms with van der Waals surface area (Å²) >= 11 is 12.9. The molecule has 238 valence electrons. The summed E-state index contributed by atoms with van der Waals surface area (Å²) in [5, 5.41) is 9.71. The van der Waals surface area contributed by atoms with Crippen LogP contribution in [0.2, 0.25) is 10.0 Å². The monoisotopic (exact) mass is 654 g/mol. The molecule has 3 aromatic carbocycles. The highest BCUT2D eigenvalue weighted by Crippen LogP contribution is 2.59. The number of fused-ring (bicyclic) bond motifs is 2. The lowest BCUT2D eigenvalue weighted by molar-refractivity contribution is -0.135. The first kappa shape index (κ1) is 32.7. The predicted octanol–water partition coefficient (Wildman–Crippen LogP) is 5.90. The Labute approximate surface area is 272 Å². The summed E-state index contributed by atoms with van der Waals surface area (Å²) < 4.78 is 21.2. The van der Waals surface area contributed by atoms with Gasteiger partial charge in [0, 0.05) is 40.2 Å². The number of hydrogen-bond acceptors (Lipinski definition) is 5. The van der Waals surface area contributed by atoms with E-state index < -0.39 is 28.8 Å². The standard InChI is InChI=1S/C34H37Cl2FN4O4/c1-19-7-10-22(37)17-23(19)30-34(25-11-8-21(36)16-27(25)39-32(34)44)26(18-29(42)40-30)24-15-20(35)9-12-28(24)45-33(2,3)31(43)38-13-6-14-41(4)5/h7-12,15-17,26,30H,6,13-14,18H2,1-5H3,(H,38,43)(H,39,44)(H,40,42). The maximum atomic E-state index is 14.8. The van der Waals surface area contributed by atoms with Crippen LogP contribution in [0.5, 0.6) is 5.75 Å². The Hall–Kier alpha value is -3.66. The SMILES string of the molecule is Cc1ccc(F)cc1C1NC(=O)CC(c2cc(Cl)ccc2OC(C)(C)C(=O)NCCCN(C)C)C12C(=O)Nc1cc(Cl)ccc12. The Kier molecular flexibility index (Phi) is 9.18. The molecule has 45 heavy (non-hydrogen) atoms. The molecule has 2 aliphatic rings. The van der Waals surface area contributed by atoms with Gasteiger partial charge in [0.05, 0.1) is 6.04 Å². The molecule has 3 amide bonds. The highest BCUT2D eigenvalue weighted by molar-refractivity contribution is 6.31. The van der Waals surface area contributed by atoms with Crippen molar-refractivity contribution in [2.75, 3.05) is 32.5 Å². The minimum atomic E-state index is -1.45. The summed E-state index contributed by atoms with van der Waals surface area (Å²) in [4.78, 5) is 43.3. The fraction of sp³-hybridized carbons (Fsp3) is 0.382. The van der Waals surface area contributed by atoms with Crippen molar-refractivity contribution >= 4 is 46.6 Å². The van der Waals surface area contributed by atoms with Gasteiger partial charge in [0.2, 0.25) is 11.8 Å². The normalized spacial score (nSPS) is 21.0. The molecular formula is C34H37Cl2FN4O4. The highest BCUT2D eigenvalue weighted by Gasteiger charge is 2.62. The molecule has 0 radical (unpaired) electrons. The van der Waals surface area contributed by atoms with Crippen LogP contribution in [-0.2, 0) is 19.8 Å². The van der Waals surface area contributed by atoms with Crippen LogP contribution in [-0.4, -0.2) is 55.4 Å². The molecule has 2 heterocycles. The zero-order valence-electron chi connectivity index (χ0n) is 25.9. The Morgan fingerprint density at radius 1 is 1.07 bits per heavy atom. The van der Waals surface area contributed by atoms with Gasteiger partial charge < -0.3 is 25.6 Å². The minimum Gasteiger partial charge on any atom is -0.478 e. The Morgan fingerprint density at radius 3 is 2.51 bits per heavy atom. The maximum absolute atomic E-state index is 14.8. The molecule has 5 rings (SSSR count). The van der Waals surface area contributed by atoms with Gasteiger partial charge in [-0.3, -0.25) is 14.4 Å². The molecule has 3 atom stereocenters. The van der Waals surface area contributed by atoms with Gasteiger partial charge in [-0.25, -0.2) is 4.39 Å². The van der Waals surface area contributed by atoms with E-state index >= 15 is 0 Å². The number of halogens is 3. The van der Waals surface area contributed by atoms with Gasteiger partial charge >= 0.3 is 0 Å². The van der Waals surface area contributed by atoms with Gasteiger partial charge in [-0.1, -0.05) is 35.3 Å². The molecule has 2 aliphatic heterocycles. The third kappa shape index (κ3) is 6.26. The van der Waals surface area contributed by atoms with Gasteiger partial charge in [-0.05, 0) is 107 Å². The number of anilines is 1. The fourth-order valence-electron chi connectivity index (χ4n) is 6.46. The molecule has 0 saturated carbocycles. The van der Waals surface area contributed by atoms with Crippen LogP contribution < -0.4 is 20.7 Å². The number of piperidine rings is 1. The van der Waals surface area contributed by atoms with Crippen molar-refractivity contribution in [2.24, 2.45) is 0 Å². The molecule has 11 heteroatoms. The van der Waals surface area contributed by atoms with E-state index in [1.165, 1.54) is 12.1 Å². The first-order chi connectivity index (χ1) is 21.2. The summed E-state index contributed by atoms with van der Waals surface area (Å²) in [7, 11) is 3.93. The number of amides is 3. The van der Waals surface area contributed by atoms with Crippen LogP contribution in [0.15, 0.2) is 54.6 Å². The number of ether oxygens (including phenoxy) is 1. The van der Waals surface area contributed by atoms with E-state index in [1.54, 1.807) is 56.3 Å². The van der Waals surface area contributed by atoms with Gasteiger partial charge in [0.15, 0.2) is 5.60 Å². The number of aryl methyl sites for hydroxylation is 1. The third-order valence-corrected chi connectivity index (χ3v) is 9.10. The molecule has 3 N–H and O–H groups in total. The van der Waals surface area contributed by atoms with Crippen LogP contribution in [0.1, 0.15) is 60.9 Å². The predicted molar refractivity (Wildman–Crippen MR) is 173 cm³/mol. The second kappa shape index (κ2) is 12.6. The van der Waals surface area contributed by atoms with Gasteiger partial charge in [0.1, 0.15) is 17.0 Å². The molecule has 3 aromatic rings. The van der Waals surface area contributed by atoms with Crippen molar-refractivity contribution in [1.82, 2.24) is 15.5 Å². The Bertz CT molecular complexity index is 1660. The lowest BCUT2D eigenvalue weighted by Crippen LogP contribution is -2.57. The van der Waals surface area contributed by atoms with Gasteiger partial charge in [-0.15, -0.1) is 0 Å². The maximum Gasteiger partial charge on any atom is 0.263 e. The summed E-state index contributed by atoms with van der Waals surface area (Å²) in [6, 6.07) is 13.4. The van der Waals surface area contributed by atoms with E-state index in [2.05, 4.69) is 16.0 Å². The number of benzene rings is 3. The summed E-state index contributed by atoms with van der Waals surface area (Å²) in [5.74, 6) is -2.06. The number of carbonyl (C=O) groups excluding carboxylic acids is 3. The Balaban J connectivity index is 1.65. The van der Waals surface area contributed by atoms with E-state index in [1.807, 2.05) is 25.9 Å². The van der Waals surface area contributed by atoms with Crippen molar-refractivity contribution in [2.45, 2.75) is 56.6 Å². The lowest BCUT2D eigenvalue weighted by Gasteiger charge is -2.47. The van der Waals surface area contributed by atoms with E-state index in [9.17, 15) is 18.8 Å². The molecule has 1 saturated heterocycles. The van der Waals surface area contributed by atoms with Crippen LogP contribution in [0.4, 0.5) is 10.1 Å². The molecule has 0 aliphatic carbocycles. The molecular weight excluding hydrogens is 618 g/mol. The van der Waals surface area contributed by atoms with Crippen molar-refractivity contribution in [1.29, 1.82) is 0 Å². The molecule has 0 bridgehead atoms. The average Bonchev–Trinajstić information content (AvgIpc) is 3.25. The van der Waals surface area contributed by atoms with E-state index in [0.717, 1.165) is 13.0 Å². The van der Waals surface area contributed by atoms with Gasteiger partial charge in [-0.2, -0.15) is 0 Å². The fourth-order valence-corrected chi connectivity index (χ4v) is 6.81. The van der Waals surface area contributed by atoms with Crippen LogP contribution >= 0.6 is 23.2 Å². The van der Waals surface area contributed by atoms with E-state index in [0.29, 0.717) is 50.3 Å². The number of carbonyl (C=O) groups is 3. The molecule has 3 unspecified atom stereocenters. The number of nitrogens with one attached hydrogen (secondary N) is 3. The first-order valence-electron chi connectivity index (χ1n) is 14.8. The quantitative estimate of drug-likeness (QED) is 0.250. The molecule has 1 fully saturated rings. The Morgan fingerprint density at radius 2 is 1.78 bits per heavy atom. The summed E-state index contributed by atoms with van der Waals surface area (Å²) in [5.41, 5.74) is -0.0307. The van der Waals surface area contributed by atoms with Gasteiger partial charge in [0.25, 0.3) is 5.91 Å². The zero-order chi connectivity index (χ0) is 32.7.